The van der Waals surface area contributed by atoms with Crippen molar-refractivity contribution in [2.24, 2.45) is 10.9 Å². The molecule has 86 valence electrons. The summed E-state index contributed by atoms with van der Waals surface area (Å²) in [4.78, 5) is 0.133. The van der Waals surface area contributed by atoms with Gasteiger partial charge in [-0.15, -0.1) is 0 Å². The van der Waals surface area contributed by atoms with Crippen LogP contribution in [0.2, 0.25) is 0 Å². The van der Waals surface area contributed by atoms with Crippen LogP contribution in [0.1, 0.15) is 19.4 Å². The number of benzene rings is 1. The zero-order chi connectivity index (χ0) is 11.9. The van der Waals surface area contributed by atoms with E-state index in [0.29, 0.717) is 6.54 Å². The summed E-state index contributed by atoms with van der Waals surface area (Å²) in [6, 6.07) is 6.40. The highest BCUT2D eigenvalue weighted by molar-refractivity contribution is 7.89. The summed E-state index contributed by atoms with van der Waals surface area (Å²) in [5.41, 5.74) is 6.35. The second kappa shape index (κ2) is 6.55. The Morgan fingerprint density at radius 2 is 1.60 bits per heavy atom. The topological polar surface area (TPSA) is 86.2 Å². The quantitative estimate of drug-likeness (QED) is 0.807. The lowest BCUT2D eigenvalue weighted by atomic mass is 10.2. The Morgan fingerprint density at radius 3 is 1.93 bits per heavy atom. The predicted molar refractivity (Wildman–Crippen MR) is 61.9 cm³/mol. The molecule has 0 radical (unpaired) electrons. The highest BCUT2D eigenvalue weighted by Gasteiger charge is 2.05. The van der Waals surface area contributed by atoms with Gasteiger partial charge in [-0.1, -0.05) is 26.0 Å². The highest BCUT2D eigenvalue weighted by atomic mass is 32.2. The second-order valence-corrected chi connectivity index (χ2v) is 4.29. The molecule has 0 bridgehead atoms. The molecule has 0 aliphatic carbocycles. The maximum absolute atomic E-state index is 10.9. The smallest absolute Gasteiger partial charge is 0.238 e. The number of hydrogen-bond donors (Lipinski definition) is 2. The summed E-state index contributed by atoms with van der Waals surface area (Å²) in [6.45, 7) is 4.55. The van der Waals surface area contributed by atoms with E-state index >= 15 is 0 Å². The molecule has 0 aromatic heterocycles. The van der Waals surface area contributed by atoms with E-state index in [9.17, 15) is 8.42 Å². The number of hydrogen-bond acceptors (Lipinski definition) is 3. The van der Waals surface area contributed by atoms with Crippen LogP contribution >= 0.6 is 0 Å². The number of rotatable bonds is 3. The lowest BCUT2D eigenvalue weighted by Gasteiger charge is -2.00. The summed E-state index contributed by atoms with van der Waals surface area (Å²) in [5, 5.41) is 4.93. The van der Waals surface area contributed by atoms with Crippen LogP contribution in [-0.4, -0.2) is 15.0 Å². The van der Waals surface area contributed by atoms with Gasteiger partial charge < -0.3 is 5.73 Å². The molecule has 15 heavy (non-hydrogen) atoms. The molecule has 0 atom stereocenters. The summed E-state index contributed by atoms with van der Waals surface area (Å²) in [7, 11) is -3.57. The van der Waals surface area contributed by atoms with Gasteiger partial charge in [0.15, 0.2) is 0 Å². The first kappa shape index (κ1) is 14.1. The average Bonchev–Trinajstić information content (AvgIpc) is 2.21. The molecule has 0 heterocycles. The lowest BCUT2D eigenvalue weighted by molar-refractivity contribution is 0.598. The normalized spacial score (nSPS) is 10.4. The van der Waals surface area contributed by atoms with E-state index in [1.807, 2.05) is 13.8 Å². The van der Waals surface area contributed by atoms with E-state index in [4.69, 9.17) is 10.9 Å². The molecule has 0 spiro atoms. The van der Waals surface area contributed by atoms with E-state index in [2.05, 4.69) is 0 Å². The summed E-state index contributed by atoms with van der Waals surface area (Å²) >= 11 is 0. The zero-order valence-electron chi connectivity index (χ0n) is 9.10. The van der Waals surface area contributed by atoms with Crippen LogP contribution < -0.4 is 10.9 Å². The van der Waals surface area contributed by atoms with Crippen molar-refractivity contribution in [1.82, 2.24) is 0 Å². The van der Waals surface area contributed by atoms with Gasteiger partial charge in [-0.3, -0.25) is 0 Å². The van der Waals surface area contributed by atoms with Crippen LogP contribution in [0.5, 0.6) is 0 Å². The SMILES string of the molecule is CC.NCCc1ccc(S(N)(=O)=O)cc1. The van der Waals surface area contributed by atoms with Gasteiger partial charge in [0.25, 0.3) is 0 Å². The minimum absolute atomic E-state index is 0.133. The molecule has 0 fully saturated rings. The zero-order valence-corrected chi connectivity index (χ0v) is 9.92. The molecule has 0 aliphatic heterocycles. The minimum atomic E-state index is -3.57. The van der Waals surface area contributed by atoms with Crippen molar-refractivity contribution in [3.63, 3.8) is 0 Å². The molecule has 1 aromatic carbocycles. The van der Waals surface area contributed by atoms with Gasteiger partial charge in [0, 0.05) is 0 Å². The van der Waals surface area contributed by atoms with Crippen LogP contribution in [0.3, 0.4) is 0 Å². The minimum Gasteiger partial charge on any atom is -0.330 e. The van der Waals surface area contributed by atoms with Crippen LogP contribution in [0.25, 0.3) is 0 Å². The van der Waals surface area contributed by atoms with Gasteiger partial charge in [-0.2, -0.15) is 0 Å². The lowest BCUT2D eigenvalue weighted by Crippen LogP contribution is -2.12. The molecule has 4 nitrogen and oxygen atoms in total. The Balaban J connectivity index is 0.000000921. The van der Waals surface area contributed by atoms with Gasteiger partial charge in [0.2, 0.25) is 10.0 Å². The Bertz CT molecular complexity index is 371. The fourth-order valence-electron chi connectivity index (χ4n) is 1.01. The van der Waals surface area contributed by atoms with Gasteiger partial charge in [-0.25, -0.2) is 13.6 Å². The van der Waals surface area contributed by atoms with Gasteiger partial charge in [0.05, 0.1) is 4.90 Å². The van der Waals surface area contributed by atoms with Gasteiger partial charge in [0.1, 0.15) is 0 Å². The summed E-state index contributed by atoms with van der Waals surface area (Å²) in [5.74, 6) is 0. The van der Waals surface area contributed by atoms with Crippen LogP contribution in [-0.2, 0) is 16.4 Å². The second-order valence-electron chi connectivity index (χ2n) is 2.73. The van der Waals surface area contributed by atoms with E-state index in [0.717, 1.165) is 12.0 Å². The molecule has 0 saturated heterocycles. The Hall–Kier alpha value is -0.910. The predicted octanol–water partition coefficient (Wildman–Crippen LogP) is 0.861. The fourth-order valence-corrected chi connectivity index (χ4v) is 1.53. The molecular weight excluding hydrogens is 212 g/mol. The molecule has 5 heteroatoms. The maximum Gasteiger partial charge on any atom is 0.238 e. The standard InChI is InChI=1S/C8H12N2O2S.C2H6/c9-6-5-7-1-3-8(4-2-7)13(10,11)12;1-2/h1-4H,5-6,9H2,(H2,10,11,12);1-2H3. The van der Waals surface area contributed by atoms with E-state index < -0.39 is 10.0 Å². The van der Waals surface area contributed by atoms with Crippen molar-refractivity contribution < 1.29 is 8.42 Å². The Morgan fingerprint density at radius 1 is 1.13 bits per heavy atom. The molecule has 0 unspecified atom stereocenters. The van der Waals surface area contributed by atoms with Crippen molar-refractivity contribution in [3.05, 3.63) is 29.8 Å². The molecule has 0 aliphatic rings. The van der Waals surface area contributed by atoms with E-state index in [-0.39, 0.29) is 4.90 Å². The monoisotopic (exact) mass is 230 g/mol. The molecule has 0 saturated carbocycles. The maximum atomic E-state index is 10.9. The van der Waals surface area contributed by atoms with Crippen LogP contribution in [0.15, 0.2) is 29.2 Å². The van der Waals surface area contributed by atoms with Crippen molar-refractivity contribution in [1.29, 1.82) is 0 Å². The third-order valence-corrected chi connectivity index (χ3v) is 2.61. The van der Waals surface area contributed by atoms with Crippen molar-refractivity contribution in [2.75, 3.05) is 6.54 Å². The fraction of sp³-hybridized carbons (Fsp3) is 0.400. The number of sulfonamides is 1. The number of primary sulfonamides is 1. The van der Waals surface area contributed by atoms with Crippen LogP contribution in [0, 0.1) is 0 Å². The summed E-state index contributed by atoms with van der Waals surface area (Å²) in [6.07, 6.45) is 0.741. The van der Waals surface area contributed by atoms with Gasteiger partial charge >= 0.3 is 0 Å². The first-order valence-corrected chi connectivity index (χ1v) is 6.40. The van der Waals surface area contributed by atoms with Crippen molar-refractivity contribution in [3.8, 4) is 0 Å². The first-order chi connectivity index (χ1) is 7.04. The van der Waals surface area contributed by atoms with Crippen molar-refractivity contribution >= 4 is 10.0 Å². The van der Waals surface area contributed by atoms with E-state index in [1.54, 1.807) is 12.1 Å². The molecule has 1 rings (SSSR count). The molecular formula is C10H18N2O2S. The average molecular weight is 230 g/mol. The largest absolute Gasteiger partial charge is 0.330 e. The first-order valence-electron chi connectivity index (χ1n) is 4.86. The van der Waals surface area contributed by atoms with Crippen LogP contribution in [0.4, 0.5) is 0 Å². The molecule has 1 aromatic rings. The third-order valence-electron chi connectivity index (χ3n) is 1.68. The molecule has 0 amide bonds. The Labute approximate surface area is 91.3 Å². The summed E-state index contributed by atoms with van der Waals surface area (Å²) < 4.78 is 21.7. The van der Waals surface area contributed by atoms with E-state index in [1.165, 1.54) is 12.1 Å². The third kappa shape index (κ3) is 4.92. The highest BCUT2D eigenvalue weighted by Crippen LogP contribution is 2.08. The van der Waals surface area contributed by atoms with Crippen molar-refractivity contribution in [2.45, 2.75) is 25.2 Å². The van der Waals surface area contributed by atoms with Gasteiger partial charge in [-0.05, 0) is 30.7 Å². The molecule has 4 N–H and O–H groups in total. The Kier molecular flexibility index (Phi) is 6.15. The number of nitrogens with two attached hydrogens (primary N) is 2.